The average Bonchev–Trinajstić information content (AvgIpc) is 3.07. The first-order chi connectivity index (χ1) is 12.4. The first kappa shape index (κ1) is 18.6. The minimum Gasteiger partial charge on any atom is -0.468 e. The maximum atomic E-state index is 12.1. The lowest BCUT2D eigenvalue weighted by molar-refractivity contribution is -0.180. The quantitative estimate of drug-likeness (QED) is 0.746. The van der Waals surface area contributed by atoms with Gasteiger partial charge < -0.3 is 18.9 Å². The number of hydrogen-bond donors (Lipinski definition) is 0. The van der Waals surface area contributed by atoms with Gasteiger partial charge in [0.15, 0.2) is 11.4 Å². The second-order valence-corrected chi connectivity index (χ2v) is 6.87. The Morgan fingerprint density at radius 3 is 2.81 bits per heavy atom. The molecular formula is C18H24N2O6. The fourth-order valence-electron chi connectivity index (χ4n) is 3.37. The molecule has 2 aliphatic rings. The van der Waals surface area contributed by atoms with E-state index in [0.717, 1.165) is 30.5 Å². The number of aromatic nitrogens is 1. The third-order valence-electron chi connectivity index (χ3n) is 4.73. The first-order valence-electron chi connectivity index (χ1n) is 8.60. The molecule has 2 aliphatic heterocycles. The summed E-state index contributed by atoms with van der Waals surface area (Å²) in [5.41, 5.74) is 1.75. The summed E-state index contributed by atoms with van der Waals surface area (Å²) in [6, 6.07) is -0.266. The minimum absolute atomic E-state index is 0.133. The number of likely N-dealkylation sites (tertiary alicyclic amines) is 1. The molecule has 1 saturated heterocycles. The van der Waals surface area contributed by atoms with E-state index in [4.69, 9.17) is 18.9 Å². The van der Waals surface area contributed by atoms with Gasteiger partial charge in [0.25, 0.3) is 0 Å². The third kappa shape index (κ3) is 3.52. The van der Waals surface area contributed by atoms with Crippen LogP contribution in [0.3, 0.4) is 0 Å². The Hall–Kier alpha value is -2.19. The van der Waals surface area contributed by atoms with E-state index in [0.29, 0.717) is 18.9 Å². The van der Waals surface area contributed by atoms with Gasteiger partial charge in [0, 0.05) is 32.2 Å². The minimum atomic E-state index is -0.863. The van der Waals surface area contributed by atoms with Crippen molar-refractivity contribution in [1.29, 1.82) is 0 Å². The van der Waals surface area contributed by atoms with Crippen molar-refractivity contribution in [1.82, 2.24) is 9.88 Å². The number of nitrogens with zero attached hydrogens (tertiary/aromatic N) is 2. The number of ether oxygens (including phenoxy) is 4. The first-order valence-corrected chi connectivity index (χ1v) is 8.60. The van der Waals surface area contributed by atoms with Gasteiger partial charge >= 0.3 is 11.9 Å². The van der Waals surface area contributed by atoms with Gasteiger partial charge in [-0.1, -0.05) is 0 Å². The van der Waals surface area contributed by atoms with Crippen LogP contribution in [-0.2, 0) is 32.2 Å². The zero-order valence-corrected chi connectivity index (χ0v) is 15.5. The summed E-state index contributed by atoms with van der Waals surface area (Å²) in [6.07, 6.45) is 3.32. The van der Waals surface area contributed by atoms with Gasteiger partial charge in [0.05, 0.1) is 20.8 Å². The highest BCUT2D eigenvalue weighted by Gasteiger charge is 2.36. The lowest BCUT2D eigenvalue weighted by Crippen LogP contribution is -2.39. The van der Waals surface area contributed by atoms with Gasteiger partial charge in [0.1, 0.15) is 6.04 Å². The molecule has 8 heteroatoms. The number of carbonyl (C=O) groups excluding carboxylic acids is 2. The molecule has 0 aromatic carbocycles. The molecule has 0 bridgehead atoms. The van der Waals surface area contributed by atoms with E-state index in [1.807, 2.05) is 0 Å². The molecule has 0 N–H and O–H groups in total. The summed E-state index contributed by atoms with van der Waals surface area (Å²) in [6.45, 7) is 5.14. The van der Waals surface area contributed by atoms with Crippen molar-refractivity contribution in [3.8, 4) is 5.75 Å². The summed E-state index contributed by atoms with van der Waals surface area (Å²) in [5.74, 6) is -1.26. The summed E-state index contributed by atoms with van der Waals surface area (Å²) < 4.78 is 21.3. The number of esters is 2. The topological polar surface area (TPSA) is 87.2 Å². The molecule has 1 aromatic rings. The molecule has 26 heavy (non-hydrogen) atoms. The molecule has 0 radical (unpaired) electrons. The fourth-order valence-corrected chi connectivity index (χ4v) is 3.37. The molecule has 3 rings (SSSR count). The lowest BCUT2D eigenvalue weighted by atomic mass is 10.1. The van der Waals surface area contributed by atoms with Gasteiger partial charge in [-0.2, -0.15) is 0 Å². The molecule has 8 nitrogen and oxygen atoms in total. The maximum absolute atomic E-state index is 12.1. The van der Waals surface area contributed by atoms with Crippen molar-refractivity contribution in [2.75, 3.05) is 20.8 Å². The predicted octanol–water partition coefficient (Wildman–Crippen LogP) is 1.65. The van der Waals surface area contributed by atoms with Crippen LogP contribution >= 0.6 is 0 Å². The summed E-state index contributed by atoms with van der Waals surface area (Å²) in [7, 11) is 2.71. The number of fused-ring (bicyclic) bond motifs is 1. The van der Waals surface area contributed by atoms with Crippen LogP contribution in [0.2, 0.25) is 0 Å². The van der Waals surface area contributed by atoms with E-state index < -0.39 is 11.8 Å². The molecule has 1 fully saturated rings. The normalized spacial score (nSPS) is 21.6. The molecule has 0 spiro atoms. The van der Waals surface area contributed by atoms with Crippen molar-refractivity contribution < 1.29 is 28.5 Å². The monoisotopic (exact) mass is 364 g/mol. The molecule has 0 aliphatic carbocycles. The Kier molecular flexibility index (Phi) is 5.15. The van der Waals surface area contributed by atoms with E-state index in [9.17, 15) is 9.59 Å². The van der Waals surface area contributed by atoms with Crippen LogP contribution in [0.4, 0.5) is 0 Å². The van der Waals surface area contributed by atoms with Crippen LogP contribution in [-0.4, -0.2) is 54.4 Å². The number of hydrogen-bond acceptors (Lipinski definition) is 8. The Morgan fingerprint density at radius 1 is 1.35 bits per heavy atom. The van der Waals surface area contributed by atoms with Crippen LogP contribution in [0, 0.1) is 0 Å². The molecule has 142 valence electrons. The summed E-state index contributed by atoms with van der Waals surface area (Å²) >= 11 is 0. The van der Waals surface area contributed by atoms with Crippen molar-refractivity contribution in [2.45, 2.75) is 51.7 Å². The molecule has 1 atom stereocenters. The van der Waals surface area contributed by atoms with E-state index >= 15 is 0 Å². The van der Waals surface area contributed by atoms with Crippen molar-refractivity contribution >= 4 is 11.9 Å². The zero-order valence-electron chi connectivity index (χ0n) is 15.5. The van der Waals surface area contributed by atoms with Gasteiger partial charge in [-0.05, 0) is 24.9 Å². The highest BCUT2D eigenvalue weighted by atomic mass is 16.7. The fraction of sp³-hybridized carbons (Fsp3) is 0.611. The Morgan fingerprint density at radius 2 is 2.12 bits per heavy atom. The van der Waals surface area contributed by atoms with E-state index in [-0.39, 0.29) is 17.7 Å². The maximum Gasteiger partial charge on any atom is 0.360 e. The smallest absolute Gasteiger partial charge is 0.360 e. The molecule has 0 unspecified atom stereocenters. The Balaban J connectivity index is 1.94. The number of rotatable bonds is 4. The number of methoxy groups -OCH3 is 2. The molecule has 0 amide bonds. The van der Waals surface area contributed by atoms with Crippen LogP contribution in [0.15, 0.2) is 6.20 Å². The van der Waals surface area contributed by atoms with Crippen LogP contribution < -0.4 is 4.74 Å². The van der Waals surface area contributed by atoms with Gasteiger partial charge in [-0.15, -0.1) is 0 Å². The Bertz CT molecular complexity index is 718. The van der Waals surface area contributed by atoms with Gasteiger partial charge in [-0.25, -0.2) is 9.78 Å². The Labute approximate surface area is 152 Å². The third-order valence-corrected chi connectivity index (χ3v) is 4.73. The second kappa shape index (κ2) is 7.20. The number of carbonyl (C=O) groups is 2. The van der Waals surface area contributed by atoms with Crippen molar-refractivity contribution in [2.24, 2.45) is 0 Å². The highest BCUT2D eigenvalue weighted by molar-refractivity contribution is 5.91. The molecular weight excluding hydrogens is 340 g/mol. The zero-order chi connectivity index (χ0) is 18.9. The molecule has 3 heterocycles. The van der Waals surface area contributed by atoms with E-state index in [2.05, 4.69) is 9.88 Å². The van der Waals surface area contributed by atoms with E-state index in [1.54, 1.807) is 20.0 Å². The number of pyridine rings is 1. The molecule has 1 aromatic heterocycles. The largest absolute Gasteiger partial charge is 0.468 e. The van der Waals surface area contributed by atoms with Crippen LogP contribution in [0.5, 0.6) is 5.75 Å². The standard InChI is InChI=1S/C18H24N2O6/c1-18(2)25-10-12-11(8-19-14(15(12)26-18)17(22)24-4)9-20-7-5-6-13(20)16(21)23-3/h8,13H,5-7,9-10H2,1-4H3/t13-/m0/s1. The van der Waals surface area contributed by atoms with E-state index in [1.165, 1.54) is 14.2 Å². The van der Waals surface area contributed by atoms with Crippen molar-refractivity contribution in [3.63, 3.8) is 0 Å². The van der Waals surface area contributed by atoms with Gasteiger partial charge in [-0.3, -0.25) is 9.69 Å². The van der Waals surface area contributed by atoms with Crippen molar-refractivity contribution in [3.05, 3.63) is 23.0 Å². The predicted molar refractivity (Wildman–Crippen MR) is 90.5 cm³/mol. The van der Waals surface area contributed by atoms with Gasteiger partial charge in [0.2, 0.25) is 5.79 Å². The lowest BCUT2D eigenvalue weighted by Gasteiger charge is -2.34. The molecule has 0 saturated carbocycles. The SMILES string of the molecule is COC(=O)c1ncc(CN2CCC[C@H]2C(=O)OC)c2c1OC(C)(C)OC2. The highest BCUT2D eigenvalue weighted by Crippen LogP contribution is 2.36. The summed E-state index contributed by atoms with van der Waals surface area (Å²) in [5, 5.41) is 0. The van der Waals surface area contributed by atoms with Crippen LogP contribution in [0.25, 0.3) is 0 Å². The summed E-state index contributed by atoms with van der Waals surface area (Å²) in [4.78, 5) is 30.4. The van der Waals surface area contributed by atoms with Crippen LogP contribution in [0.1, 0.15) is 48.3 Å². The second-order valence-electron chi connectivity index (χ2n) is 6.87. The average molecular weight is 364 g/mol.